The van der Waals surface area contributed by atoms with Crippen molar-refractivity contribution in [2.45, 2.75) is 69.3 Å². The van der Waals surface area contributed by atoms with Gasteiger partial charge in [-0.2, -0.15) is 26.3 Å². The fourth-order valence-corrected chi connectivity index (χ4v) is 5.10. The van der Waals surface area contributed by atoms with E-state index < -0.39 is 35.9 Å². The van der Waals surface area contributed by atoms with Crippen molar-refractivity contribution in [1.82, 2.24) is 4.90 Å². The molecule has 4 unspecified atom stereocenters. The molecule has 0 aromatic heterocycles. The van der Waals surface area contributed by atoms with E-state index in [4.69, 9.17) is 9.47 Å². The van der Waals surface area contributed by atoms with Gasteiger partial charge in [0.15, 0.2) is 6.29 Å². The van der Waals surface area contributed by atoms with Gasteiger partial charge in [-0.25, -0.2) is 0 Å². The second-order valence-corrected chi connectivity index (χ2v) is 9.25. The van der Waals surface area contributed by atoms with Gasteiger partial charge in [-0.3, -0.25) is 4.90 Å². The summed E-state index contributed by atoms with van der Waals surface area (Å²) >= 11 is 0. The third kappa shape index (κ3) is 6.19. The molecule has 0 radical (unpaired) electrons. The first-order chi connectivity index (χ1) is 16.5. The van der Waals surface area contributed by atoms with E-state index >= 15 is 0 Å². The van der Waals surface area contributed by atoms with Crippen LogP contribution >= 0.6 is 0 Å². The molecule has 2 aliphatic rings. The molecule has 192 valence electrons. The molecule has 2 heterocycles. The number of halogens is 6. The van der Waals surface area contributed by atoms with Crippen molar-refractivity contribution in [3.63, 3.8) is 0 Å². The lowest BCUT2D eigenvalue weighted by atomic mass is 9.85. The van der Waals surface area contributed by atoms with Crippen LogP contribution in [-0.2, 0) is 21.8 Å². The number of alkyl halides is 6. The molecule has 0 aliphatic carbocycles. The number of piperidine rings is 1. The lowest BCUT2D eigenvalue weighted by Crippen LogP contribution is -2.50. The number of likely N-dealkylation sites (tertiary alicyclic amines) is 1. The van der Waals surface area contributed by atoms with Gasteiger partial charge in [-0.15, -0.1) is 0 Å². The van der Waals surface area contributed by atoms with Gasteiger partial charge >= 0.3 is 12.4 Å². The van der Waals surface area contributed by atoms with Gasteiger partial charge in [0.1, 0.15) is 0 Å². The Kier molecular flexibility index (Phi) is 7.78. The Bertz CT molecular complexity index is 940. The summed E-state index contributed by atoms with van der Waals surface area (Å²) in [5.41, 5.74) is -1.93. The fraction of sp³-hybridized carbons (Fsp3) is 0.538. The highest BCUT2D eigenvalue weighted by Crippen LogP contribution is 2.41. The Morgan fingerprint density at radius 1 is 0.886 bits per heavy atom. The summed E-state index contributed by atoms with van der Waals surface area (Å²) in [5, 5.41) is 0. The second-order valence-electron chi connectivity index (χ2n) is 9.25. The highest BCUT2D eigenvalue weighted by Gasteiger charge is 2.41. The van der Waals surface area contributed by atoms with Crippen molar-refractivity contribution in [2.75, 3.05) is 19.7 Å². The number of nitrogens with zero attached hydrogens (tertiary/aromatic N) is 1. The minimum Gasteiger partial charge on any atom is -0.352 e. The largest absolute Gasteiger partial charge is 0.416 e. The molecule has 35 heavy (non-hydrogen) atoms. The lowest BCUT2D eigenvalue weighted by molar-refractivity contribution is -0.212. The summed E-state index contributed by atoms with van der Waals surface area (Å²) in [6.45, 7) is 3.75. The van der Waals surface area contributed by atoms with E-state index in [-0.39, 0.29) is 23.6 Å². The molecule has 0 N–H and O–H groups in total. The van der Waals surface area contributed by atoms with Crippen LogP contribution in [0.15, 0.2) is 48.5 Å². The zero-order chi connectivity index (χ0) is 25.2. The molecular formula is C26H29F6NO2. The molecule has 2 aromatic rings. The minimum absolute atomic E-state index is 0.107. The van der Waals surface area contributed by atoms with E-state index in [9.17, 15) is 26.3 Å². The summed E-state index contributed by atoms with van der Waals surface area (Å²) < 4.78 is 92.2. The molecule has 0 amide bonds. The first-order valence-corrected chi connectivity index (χ1v) is 11.9. The summed E-state index contributed by atoms with van der Waals surface area (Å²) in [6.07, 6.45) is -7.56. The molecule has 2 fully saturated rings. The maximum atomic E-state index is 13.4. The summed E-state index contributed by atoms with van der Waals surface area (Å²) in [5.74, 6) is -0.224. The number of rotatable bonds is 5. The summed E-state index contributed by atoms with van der Waals surface area (Å²) in [4.78, 5) is 2.41. The Balaban J connectivity index is 1.64. The molecule has 2 saturated heterocycles. The van der Waals surface area contributed by atoms with E-state index in [1.54, 1.807) is 0 Å². The van der Waals surface area contributed by atoms with E-state index in [2.05, 4.69) is 4.90 Å². The van der Waals surface area contributed by atoms with Crippen LogP contribution in [0.4, 0.5) is 26.3 Å². The van der Waals surface area contributed by atoms with Gasteiger partial charge in [-0.1, -0.05) is 36.8 Å². The van der Waals surface area contributed by atoms with Crippen molar-refractivity contribution >= 4 is 0 Å². The van der Waals surface area contributed by atoms with Crippen LogP contribution < -0.4 is 0 Å². The smallest absolute Gasteiger partial charge is 0.352 e. The third-order valence-electron chi connectivity index (χ3n) is 6.87. The van der Waals surface area contributed by atoms with Crippen molar-refractivity contribution in [1.29, 1.82) is 0 Å². The Hall–Kier alpha value is -2.10. The number of benzene rings is 2. The predicted molar refractivity (Wildman–Crippen MR) is 119 cm³/mol. The van der Waals surface area contributed by atoms with Crippen molar-refractivity contribution < 1.29 is 35.8 Å². The molecule has 2 aliphatic heterocycles. The first kappa shape index (κ1) is 26.0. The molecule has 4 rings (SSSR count). The Morgan fingerprint density at radius 3 is 2.06 bits per heavy atom. The van der Waals surface area contributed by atoms with Gasteiger partial charge in [0, 0.05) is 6.04 Å². The topological polar surface area (TPSA) is 21.7 Å². The lowest BCUT2D eigenvalue weighted by Gasteiger charge is -2.45. The van der Waals surface area contributed by atoms with Gasteiger partial charge < -0.3 is 9.47 Å². The zero-order valence-corrected chi connectivity index (χ0v) is 19.4. The van der Waals surface area contributed by atoms with Gasteiger partial charge in [0.05, 0.1) is 29.8 Å². The molecule has 9 heteroatoms. The highest BCUT2D eigenvalue weighted by atomic mass is 19.4. The minimum atomic E-state index is -4.91. The van der Waals surface area contributed by atoms with Crippen LogP contribution in [0.5, 0.6) is 0 Å². The van der Waals surface area contributed by atoms with Gasteiger partial charge in [0.2, 0.25) is 0 Å². The number of ether oxygens (including phenoxy) is 2. The van der Waals surface area contributed by atoms with Gasteiger partial charge in [-0.05, 0) is 68.6 Å². The standard InChI is InChI=1S/C26H29F6NO2/c1-17(19-14-20(25(27,28)29)16-21(15-19)26(30,31)32)35-24-23(18-8-4-2-5-9-18)22(10-13-34-24)33-11-6-3-7-12-33/h2,4-5,8-9,14-17,22-24H,3,6-7,10-13H2,1H3. The van der Waals surface area contributed by atoms with E-state index in [1.165, 1.54) is 13.3 Å². The summed E-state index contributed by atoms with van der Waals surface area (Å²) in [6, 6.07) is 11.3. The maximum absolute atomic E-state index is 13.4. The molecule has 0 saturated carbocycles. The number of hydrogen-bond acceptors (Lipinski definition) is 3. The predicted octanol–water partition coefficient (Wildman–Crippen LogP) is 7.19. The molecule has 0 bridgehead atoms. The van der Waals surface area contributed by atoms with E-state index in [0.717, 1.165) is 50.0 Å². The van der Waals surface area contributed by atoms with Crippen LogP contribution in [0.3, 0.4) is 0 Å². The van der Waals surface area contributed by atoms with Crippen LogP contribution in [-0.4, -0.2) is 36.9 Å². The molecular weight excluding hydrogens is 472 g/mol. The average molecular weight is 502 g/mol. The van der Waals surface area contributed by atoms with Crippen molar-refractivity contribution in [3.05, 3.63) is 70.8 Å². The normalized spacial score (nSPS) is 25.4. The average Bonchev–Trinajstić information content (AvgIpc) is 2.83. The quantitative estimate of drug-likeness (QED) is 0.405. The highest BCUT2D eigenvalue weighted by molar-refractivity contribution is 5.35. The molecule has 0 spiro atoms. The first-order valence-electron chi connectivity index (χ1n) is 11.9. The van der Waals surface area contributed by atoms with E-state index in [0.29, 0.717) is 6.61 Å². The molecule has 2 aromatic carbocycles. The Labute approximate surface area is 201 Å². The van der Waals surface area contributed by atoms with Gasteiger partial charge in [0.25, 0.3) is 0 Å². The SMILES string of the molecule is CC(OC1OCCC(N2CCCCC2)C1c1ccccc1)c1cc(C(F)(F)F)cc(C(F)(F)F)c1. The second kappa shape index (κ2) is 10.5. The fourth-order valence-electron chi connectivity index (χ4n) is 5.10. The van der Waals surface area contributed by atoms with Crippen LogP contribution in [0.25, 0.3) is 0 Å². The molecule has 3 nitrogen and oxygen atoms in total. The van der Waals surface area contributed by atoms with E-state index in [1.807, 2.05) is 30.3 Å². The number of hydrogen-bond donors (Lipinski definition) is 0. The Morgan fingerprint density at radius 2 is 1.49 bits per heavy atom. The monoisotopic (exact) mass is 501 g/mol. The van der Waals surface area contributed by atoms with Crippen LogP contribution in [0, 0.1) is 0 Å². The van der Waals surface area contributed by atoms with Crippen LogP contribution in [0.1, 0.15) is 66.9 Å². The molecule has 4 atom stereocenters. The summed E-state index contributed by atoms with van der Waals surface area (Å²) in [7, 11) is 0. The third-order valence-corrected chi connectivity index (χ3v) is 6.87. The maximum Gasteiger partial charge on any atom is 0.416 e. The van der Waals surface area contributed by atoms with Crippen molar-refractivity contribution in [3.8, 4) is 0 Å². The van der Waals surface area contributed by atoms with Crippen LogP contribution in [0.2, 0.25) is 0 Å². The zero-order valence-electron chi connectivity index (χ0n) is 19.4. The van der Waals surface area contributed by atoms with Crippen molar-refractivity contribution in [2.24, 2.45) is 0 Å².